The van der Waals surface area contributed by atoms with E-state index in [2.05, 4.69) is 20.8 Å². The van der Waals surface area contributed by atoms with E-state index in [9.17, 15) is 36.0 Å². The number of benzene rings is 3. The summed E-state index contributed by atoms with van der Waals surface area (Å²) < 4.78 is 0. The molecule has 0 atom stereocenters. The number of Topliss-reactive ketones (excluding diaryl/α,β-unsaturated/α-hetero) is 1. The smallest absolute Gasteiger partial charge is 0.241 e. The molecule has 37 heavy (non-hydrogen) atoms. The van der Waals surface area contributed by atoms with Crippen LogP contribution in [0.5, 0.6) is 0 Å². The molecule has 0 aliphatic carbocycles. The lowest BCUT2D eigenvalue weighted by atomic mass is 10.1. The molecular formula is C20H16N8O9-4. The fraction of sp³-hybridized carbons (Fsp3) is 0. The van der Waals surface area contributed by atoms with Gasteiger partial charge in [-0.05, 0) is 36.4 Å². The van der Waals surface area contributed by atoms with Crippen LogP contribution in [0.15, 0.2) is 82.1 Å². The number of azo groups is 1. The van der Waals surface area contributed by atoms with Gasteiger partial charge in [0.1, 0.15) is 5.69 Å². The molecule has 5 N–H and O–H groups in total. The van der Waals surface area contributed by atoms with Gasteiger partial charge in [-0.25, -0.2) is 0 Å². The van der Waals surface area contributed by atoms with Crippen molar-refractivity contribution < 1.29 is 25.6 Å². The van der Waals surface area contributed by atoms with Crippen LogP contribution in [0, 0.1) is 20.8 Å². The Morgan fingerprint density at radius 2 is 1.30 bits per heavy atom. The molecule has 0 saturated carbocycles. The third kappa shape index (κ3) is 6.70. The van der Waals surface area contributed by atoms with Crippen LogP contribution >= 0.6 is 0 Å². The highest BCUT2D eigenvalue weighted by Gasteiger charge is 2.16. The summed E-state index contributed by atoms with van der Waals surface area (Å²) in [4.78, 5) is 13.0. The maximum absolute atomic E-state index is 13.0. The highest BCUT2D eigenvalue weighted by Crippen LogP contribution is 2.32. The summed E-state index contributed by atoms with van der Waals surface area (Å²) in [5, 5.41) is 90.6. The van der Waals surface area contributed by atoms with Gasteiger partial charge in [0, 0.05) is 5.56 Å². The van der Waals surface area contributed by atoms with E-state index in [4.69, 9.17) is 10.4 Å². The normalized spacial score (nSPS) is 11.4. The molecule has 0 bridgehead atoms. The van der Waals surface area contributed by atoms with Gasteiger partial charge < -0.3 is 41.7 Å². The minimum atomic E-state index is -0.790. The molecule has 0 saturated heterocycles. The number of hydrogen-bond donors (Lipinski definition) is 5. The van der Waals surface area contributed by atoms with Gasteiger partial charge in [0.05, 0.1) is 28.4 Å². The lowest BCUT2D eigenvalue weighted by Crippen LogP contribution is -2.15. The van der Waals surface area contributed by atoms with E-state index in [0.29, 0.717) is 0 Å². The predicted molar refractivity (Wildman–Crippen MR) is 130 cm³/mol. The number of anilines is 5. The van der Waals surface area contributed by atoms with Crippen molar-refractivity contribution in [3.8, 4) is 0 Å². The average molecular weight is 512 g/mol. The first-order valence-electron chi connectivity index (χ1n) is 9.86. The maximum Gasteiger partial charge on any atom is 0.241 e. The van der Waals surface area contributed by atoms with Crippen molar-refractivity contribution in [3.05, 3.63) is 93.1 Å². The predicted octanol–water partition coefficient (Wildman–Crippen LogP) is 3.85. The number of carbonyl (C=O) groups excluding carboxylic acids is 1. The zero-order valence-corrected chi connectivity index (χ0v) is 18.3. The number of hydrogen-bond acceptors (Lipinski definition) is 16. The molecule has 0 amide bonds. The van der Waals surface area contributed by atoms with Crippen LogP contribution in [0.3, 0.4) is 0 Å². The highest BCUT2D eigenvalue weighted by atomic mass is 16.8. The number of ketones is 1. The Kier molecular flexibility index (Phi) is 8.58. The molecule has 0 aromatic heterocycles. The summed E-state index contributed by atoms with van der Waals surface area (Å²) in [6.07, 6.45) is 0. The van der Waals surface area contributed by atoms with Gasteiger partial charge in [-0.3, -0.25) is 31.0 Å². The lowest BCUT2D eigenvalue weighted by Gasteiger charge is -2.28. The molecule has 0 heterocycles. The van der Waals surface area contributed by atoms with E-state index in [1.807, 2.05) is 0 Å². The Balaban J connectivity index is 2.03. The van der Waals surface area contributed by atoms with E-state index in [-0.39, 0.29) is 16.9 Å². The van der Waals surface area contributed by atoms with Crippen molar-refractivity contribution in [2.75, 3.05) is 26.3 Å². The summed E-state index contributed by atoms with van der Waals surface area (Å²) in [6.45, 7) is 0. The largest absolute Gasteiger partial charge is 0.733 e. The van der Waals surface area contributed by atoms with Crippen molar-refractivity contribution >= 4 is 45.7 Å². The summed E-state index contributed by atoms with van der Waals surface area (Å²) >= 11 is 0. The molecule has 3 aromatic carbocycles. The molecular weight excluding hydrogens is 496 g/mol. The first kappa shape index (κ1) is 26.9. The average Bonchev–Trinajstić information content (AvgIpc) is 2.88. The van der Waals surface area contributed by atoms with Crippen molar-refractivity contribution in [1.29, 1.82) is 0 Å². The molecule has 194 valence electrons. The molecule has 0 radical (unpaired) electrons. The monoisotopic (exact) mass is 512 g/mol. The number of amidine groups is 1. The second kappa shape index (κ2) is 11.8. The third-order valence-corrected chi connectivity index (χ3v) is 4.57. The van der Waals surface area contributed by atoms with Gasteiger partial charge >= 0.3 is 0 Å². The second-order valence-corrected chi connectivity index (χ2v) is 6.91. The van der Waals surface area contributed by atoms with Crippen LogP contribution in [0.4, 0.5) is 34.1 Å². The molecule has 0 unspecified atom stereocenters. The number of rotatable bonds is 9. The van der Waals surface area contributed by atoms with E-state index < -0.39 is 55.3 Å². The molecule has 17 nitrogen and oxygen atoms in total. The van der Waals surface area contributed by atoms with E-state index in [1.165, 1.54) is 12.1 Å². The standard InChI is InChI=1S/C20H16N8O9/c29-19(12-4-2-1-3-5-12)20(23-21-15-8-6-13(25(30)31)10-17(15)27(34)35)24-22-16-9-7-14(26(32)33)11-18(16)28(36)37/h1-11,21,30,32,34,36H/q-4. The fourth-order valence-electron chi connectivity index (χ4n) is 2.81. The molecule has 17 heteroatoms. The number of carbonyl (C=O) groups is 1. The van der Waals surface area contributed by atoms with Gasteiger partial charge in [0.15, 0.2) is 0 Å². The van der Waals surface area contributed by atoms with Gasteiger partial charge in [0.25, 0.3) is 0 Å². The zero-order chi connectivity index (χ0) is 27.1. The first-order chi connectivity index (χ1) is 17.6. The summed E-state index contributed by atoms with van der Waals surface area (Å²) in [5.41, 5.74) is -0.118. The Bertz CT molecular complexity index is 1300. The third-order valence-electron chi connectivity index (χ3n) is 4.57. The summed E-state index contributed by atoms with van der Waals surface area (Å²) in [6, 6.07) is 13.5. The Labute approximate surface area is 206 Å². The number of hydrazone groups is 1. The van der Waals surface area contributed by atoms with Crippen LogP contribution in [0.1, 0.15) is 10.4 Å². The van der Waals surface area contributed by atoms with Gasteiger partial charge in [-0.1, -0.05) is 30.3 Å². The Hall–Kier alpha value is -4.72. The van der Waals surface area contributed by atoms with Gasteiger partial charge in [-0.2, -0.15) is 0 Å². The van der Waals surface area contributed by atoms with Crippen molar-refractivity contribution in [3.63, 3.8) is 0 Å². The van der Waals surface area contributed by atoms with Gasteiger partial charge in [-0.15, -0.1) is 15.3 Å². The minimum Gasteiger partial charge on any atom is -0.733 e. The summed E-state index contributed by atoms with van der Waals surface area (Å²) in [7, 11) is 0. The first-order valence-corrected chi connectivity index (χ1v) is 9.86. The molecule has 0 spiro atoms. The molecule has 0 aliphatic rings. The number of nitrogens with one attached hydrogen (secondary N) is 1. The second-order valence-electron chi connectivity index (χ2n) is 6.91. The summed E-state index contributed by atoms with van der Waals surface area (Å²) in [5.74, 6) is -1.43. The molecule has 3 rings (SSSR count). The van der Waals surface area contributed by atoms with Crippen molar-refractivity contribution in [2.45, 2.75) is 0 Å². The van der Waals surface area contributed by atoms with Crippen molar-refractivity contribution in [2.24, 2.45) is 15.3 Å². The highest BCUT2D eigenvalue weighted by molar-refractivity contribution is 6.45. The van der Waals surface area contributed by atoms with Crippen molar-refractivity contribution in [1.82, 2.24) is 0 Å². The topological polar surface area (TPSA) is 252 Å². The van der Waals surface area contributed by atoms with E-state index in [0.717, 1.165) is 36.4 Å². The van der Waals surface area contributed by atoms with Crippen LogP contribution < -0.4 is 26.3 Å². The minimum absolute atomic E-state index is 0.109. The molecule has 3 aromatic rings. The van der Waals surface area contributed by atoms with Crippen LogP contribution in [-0.2, 0) is 0 Å². The molecule has 0 aliphatic heterocycles. The van der Waals surface area contributed by atoms with Crippen LogP contribution in [0.25, 0.3) is 0 Å². The fourth-order valence-corrected chi connectivity index (χ4v) is 2.81. The number of nitrogens with zero attached hydrogens (tertiary/aromatic N) is 7. The lowest BCUT2D eigenvalue weighted by molar-refractivity contribution is 0.106. The van der Waals surface area contributed by atoms with Crippen LogP contribution in [0.2, 0.25) is 0 Å². The Morgan fingerprint density at radius 3 is 1.86 bits per heavy atom. The Morgan fingerprint density at radius 1 is 0.730 bits per heavy atom. The van der Waals surface area contributed by atoms with Gasteiger partial charge in [0.2, 0.25) is 11.6 Å². The van der Waals surface area contributed by atoms with Crippen LogP contribution in [-0.4, -0.2) is 32.4 Å². The quantitative estimate of drug-likeness (QED) is 0.0897. The van der Waals surface area contributed by atoms with E-state index >= 15 is 0 Å². The maximum atomic E-state index is 13.0. The SMILES string of the molecule is O=C(C(N=Nc1ccc(N([O-])O)cc1N([O-])O)=NNc1ccc(N([O-])O)cc1N([O-])O)c1ccccc1. The van der Waals surface area contributed by atoms with E-state index in [1.54, 1.807) is 18.2 Å². The molecule has 0 fully saturated rings. The zero-order valence-electron chi connectivity index (χ0n) is 18.3.